The summed E-state index contributed by atoms with van der Waals surface area (Å²) in [6.45, 7) is 3.92. The predicted octanol–water partition coefficient (Wildman–Crippen LogP) is 3.23. The molecule has 29 heavy (non-hydrogen) atoms. The van der Waals surface area contributed by atoms with Crippen molar-refractivity contribution in [3.8, 4) is 0 Å². The highest BCUT2D eigenvalue weighted by molar-refractivity contribution is 7.89. The van der Waals surface area contributed by atoms with Gasteiger partial charge in [0.05, 0.1) is 10.6 Å². The molecule has 0 aliphatic heterocycles. The van der Waals surface area contributed by atoms with Crippen LogP contribution in [0.4, 0.5) is 14.5 Å². The van der Waals surface area contributed by atoms with E-state index in [0.29, 0.717) is 36.3 Å². The number of hydrogen-bond acceptors (Lipinski definition) is 4. The average molecular weight is 426 g/mol. The number of alkyl halides is 2. The van der Waals surface area contributed by atoms with Gasteiger partial charge in [0.15, 0.2) is 0 Å². The minimum atomic E-state index is -3.90. The van der Waals surface area contributed by atoms with Gasteiger partial charge in [-0.1, -0.05) is 6.07 Å². The van der Waals surface area contributed by atoms with Crippen molar-refractivity contribution in [2.24, 2.45) is 11.1 Å². The fourth-order valence-corrected chi connectivity index (χ4v) is 4.12. The molecule has 0 saturated heterocycles. The fourth-order valence-electron chi connectivity index (χ4n) is 3.56. The summed E-state index contributed by atoms with van der Waals surface area (Å²) in [6.07, 6.45) is 0.447. The van der Waals surface area contributed by atoms with E-state index >= 15 is 0 Å². The molecule has 1 aliphatic rings. The third kappa shape index (κ3) is 4.99. The van der Waals surface area contributed by atoms with Gasteiger partial charge in [-0.25, -0.2) is 22.3 Å². The van der Waals surface area contributed by atoms with Crippen LogP contribution in [0.15, 0.2) is 29.2 Å². The summed E-state index contributed by atoms with van der Waals surface area (Å²) in [7, 11) is -3.90. The van der Waals surface area contributed by atoms with Crippen molar-refractivity contribution in [1.29, 1.82) is 0 Å². The lowest BCUT2D eigenvalue weighted by atomic mass is 9.87. The summed E-state index contributed by atoms with van der Waals surface area (Å²) in [5.41, 5.74) is 1.98. The molecule has 1 aromatic heterocycles. The first-order valence-corrected chi connectivity index (χ1v) is 10.9. The van der Waals surface area contributed by atoms with Crippen LogP contribution in [-0.2, 0) is 16.6 Å². The molecule has 1 amide bonds. The van der Waals surface area contributed by atoms with E-state index < -0.39 is 21.9 Å². The van der Waals surface area contributed by atoms with Gasteiger partial charge in [0.1, 0.15) is 5.69 Å². The van der Waals surface area contributed by atoms with Crippen molar-refractivity contribution >= 4 is 21.6 Å². The third-order valence-corrected chi connectivity index (χ3v) is 6.24. The second-order valence-electron chi connectivity index (χ2n) is 7.57. The first-order chi connectivity index (χ1) is 13.5. The van der Waals surface area contributed by atoms with E-state index in [2.05, 4.69) is 10.4 Å². The van der Waals surface area contributed by atoms with Gasteiger partial charge < -0.3 is 5.32 Å². The van der Waals surface area contributed by atoms with E-state index in [1.54, 1.807) is 24.6 Å². The number of halogens is 2. The van der Waals surface area contributed by atoms with Crippen LogP contribution in [0.2, 0.25) is 0 Å². The van der Waals surface area contributed by atoms with Gasteiger partial charge in [-0.3, -0.25) is 9.48 Å². The monoisotopic (exact) mass is 426 g/mol. The highest BCUT2D eigenvalue weighted by atomic mass is 32.2. The van der Waals surface area contributed by atoms with E-state index in [1.807, 2.05) is 0 Å². The van der Waals surface area contributed by atoms with E-state index in [-0.39, 0.29) is 29.3 Å². The van der Waals surface area contributed by atoms with E-state index in [9.17, 15) is 22.0 Å². The Morgan fingerprint density at radius 1 is 1.31 bits per heavy atom. The molecule has 0 atom stereocenters. The molecule has 10 heteroatoms. The van der Waals surface area contributed by atoms with Gasteiger partial charge in [-0.15, -0.1) is 0 Å². The molecule has 1 saturated carbocycles. The van der Waals surface area contributed by atoms with Gasteiger partial charge in [0.2, 0.25) is 15.9 Å². The summed E-state index contributed by atoms with van der Waals surface area (Å²) in [5, 5.41) is 12.2. The Morgan fingerprint density at radius 2 is 1.97 bits per heavy atom. The number of aromatic nitrogens is 2. The van der Waals surface area contributed by atoms with Crippen LogP contribution in [-0.4, -0.2) is 30.0 Å². The fraction of sp³-hybridized carbons (Fsp3) is 0.474. The lowest BCUT2D eigenvalue weighted by molar-refractivity contribution is -0.0477. The SMILES string of the molecule is Cc1nn(CC2CCC(F)(F)CC2)c(C(=O)Nc2cccc(S(N)(=O)=O)c2)c1C. The Labute approximate surface area is 168 Å². The number of aryl methyl sites for hydroxylation is 1. The van der Waals surface area contributed by atoms with Crippen molar-refractivity contribution in [3.05, 3.63) is 41.2 Å². The maximum Gasteiger partial charge on any atom is 0.274 e. The van der Waals surface area contributed by atoms with Gasteiger partial charge in [-0.2, -0.15) is 5.10 Å². The van der Waals surface area contributed by atoms with Crippen LogP contribution in [0.25, 0.3) is 0 Å². The molecule has 2 aromatic rings. The van der Waals surface area contributed by atoms with Crippen molar-refractivity contribution < 1.29 is 22.0 Å². The number of benzene rings is 1. The van der Waals surface area contributed by atoms with Crippen LogP contribution in [0.1, 0.15) is 47.4 Å². The Balaban J connectivity index is 1.81. The predicted molar refractivity (Wildman–Crippen MR) is 104 cm³/mol. The molecule has 1 aromatic carbocycles. The number of sulfonamides is 1. The summed E-state index contributed by atoms with van der Waals surface area (Å²) >= 11 is 0. The Kier molecular flexibility index (Phi) is 5.77. The van der Waals surface area contributed by atoms with Crippen molar-refractivity contribution in [3.63, 3.8) is 0 Å². The number of primary sulfonamides is 1. The first-order valence-electron chi connectivity index (χ1n) is 9.32. The number of nitrogens with zero attached hydrogens (tertiary/aromatic N) is 2. The van der Waals surface area contributed by atoms with Crippen LogP contribution in [0, 0.1) is 19.8 Å². The summed E-state index contributed by atoms with van der Waals surface area (Å²) < 4.78 is 51.4. The van der Waals surface area contributed by atoms with E-state index in [4.69, 9.17) is 5.14 Å². The largest absolute Gasteiger partial charge is 0.321 e. The first kappa shape index (κ1) is 21.4. The number of carbonyl (C=O) groups is 1. The maximum absolute atomic E-state index is 13.4. The number of anilines is 1. The number of amides is 1. The van der Waals surface area contributed by atoms with Crippen molar-refractivity contribution in [2.45, 2.75) is 56.9 Å². The normalized spacial score (nSPS) is 17.3. The second-order valence-corrected chi connectivity index (χ2v) is 9.13. The number of carbonyl (C=O) groups excluding carboxylic acids is 1. The second kappa shape index (κ2) is 7.83. The average Bonchev–Trinajstić information content (AvgIpc) is 2.90. The van der Waals surface area contributed by atoms with E-state index in [1.165, 1.54) is 18.2 Å². The summed E-state index contributed by atoms with van der Waals surface area (Å²) in [4.78, 5) is 12.8. The highest BCUT2D eigenvalue weighted by Gasteiger charge is 2.35. The molecular weight excluding hydrogens is 402 g/mol. The topological polar surface area (TPSA) is 107 Å². The molecule has 0 unspecified atom stereocenters. The Hall–Kier alpha value is -2.33. The zero-order valence-corrected chi connectivity index (χ0v) is 17.1. The van der Waals surface area contributed by atoms with Crippen LogP contribution < -0.4 is 10.5 Å². The van der Waals surface area contributed by atoms with E-state index in [0.717, 1.165) is 0 Å². The Morgan fingerprint density at radius 3 is 2.59 bits per heavy atom. The molecule has 1 aliphatic carbocycles. The maximum atomic E-state index is 13.4. The van der Waals surface area contributed by atoms with Crippen LogP contribution in [0.3, 0.4) is 0 Å². The lowest BCUT2D eigenvalue weighted by Crippen LogP contribution is -2.28. The smallest absolute Gasteiger partial charge is 0.274 e. The minimum absolute atomic E-state index is 0.0191. The zero-order chi connectivity index (χ0) is 21.4. The number of nitrogens with one attached hydrogen (secondary N) is 1. The molecular formula is C19H24F2N4O3S. The standard InChI is InChI=1S/C19H24F2N4O3S/c1-12-13(2)24-25(11-14-6-8-19(20,21)9-7-14)17(12)18(26)23-15-4-3-5-16(10-15)29(22,27)28/h3-5,10,14H,6-9,11H2,1-2H3,(H,23,26)(H2,22,27,28). The molecule has 7 nitrogen and oxygen atoms in total. The van der Waals surface area contributed by atoms with Crippen molar-refractivity contribution in [1.82, 2.24) is 9.78 Å². The van der Waals surface area contributed by atoms with Crippen LogP contribution in [0.5, 0.6) is 0 Å². The van der Waals surface area contributed by atoms with Gasteiger partial charge in [0.25, 0.3) is 5.91 Å². The molecule has 158 valence electrons. The van der Waals surface area contributed by atoms with Gasteiger partial charge in [-0.05, 0) is 50.8 Å². The molecule has 3 rings (SSSR count). The number of nitrogens with two attached hydrogens (primary N) is 1. The third-order valence-electron chi connectivity index (χ3n) is 5.33. The van der Waals surface area contributed by atoms with Crippen molar-refractivity contribution in [2.75, 3.05) is 5.32 Å². The van der Waals surface area contributed by atoms with Gasteiger partial charge in [0, 0.05) is 30.6 Å². The van der Waals surface area contributed by atoms with Crippen LogP contribution >= 0.6 is 0 Å². The van der Waals surface area contributed by atoms with Gasteiger partial charge >= 0.3 is 0 Å². The molecule has 0 bridgehead atoms. The summed E-state index contributed by atoms with van der Waals surface area (Å²) in [5.74, 6) is -3.04. The molecule has 1 fully saturated rings. The molecule has 3 N–H and O–H groups in total. The number of hydrogen-bond donors (Lipinski definition) is 2. The zero-order valence-electron chi connectivity index (χ0n) is 16.3. The number of rotatable bonds is 5. The molecule has 1 heterocycles. The minimum Gasteiger partial charge on any atom is -0.321 e. The lowest BCUT2D eigenvalue weighted by Gasteiger charge is -2.28. The highest BCUT2D eigenvalue weighted by Crippen LogP contribution is 2.37. The Bertz CT molecular complexity index is 1020. The molecule has 0 radical (unpaired) electrons. The molecule has 0 spiro atoms. The summed E-state index contributed by atoms with van der Waals surface area (Å²) in [6, 6.07) is 5.65. The quantitative estimate of drug-likeness (QED) is 0.765.